The lowest BCUT2D eigenvalue weighted by Crippen LogP contribution is -1.78. The van der Waals surface area contributed by atoms with Crippen LogP contribution in [0, 0.1) is 0 Å². The average Bonchev–Trinajstić information content (AvgIpc) is 2.45. The normalized spacial score (nSPS) is 11.2. The van der Waals surface area contributed by atoms with Crippen molar-refractivity contribution in [2.45, 2.75) is 53.4 Å². The zero-order valence-electron chi connectivity index (χ0n) is 12.3. The maximum absolute atomic E-state index is 4.22. The van der Waals surface area contributed by atoms with E-state index in [4.69, 9.17) is 0 Å². The summed E-state index contributed by atoms with van der Waals surface area (Å²) < 4.78 is 0. The van der Waals surface area contributed by atoms with Crippen molar-refractivity contribution in [1.82, 2.24) is 0 Å². The van der Waals surface area contributed by atoms with E-state index in [-0.39, 0.29) is 0 Å². The van der Waals surface area contributed by atoms with Crippen LogP contribution < -0.4 is 0 Å². The highest BCUT2D eigenvalue weighted by Gasteiger charge is 1.89. The van der Waals surface area contributed by atoms with E-state index in [1.165, 1.54) is 24.1 Å². The number of hydrogen-bond donors (Lipinski definition) is 0. The lowest BCUT2D eigenvalue weighted by atomic mass is 10.2. The second-order valence-electron chi connectivity index (χ2n) is 4.11. The Balaban J connectivity index is 0.000000327. The molecule has 0 aliphatic heterocycles. The molecule has 0 heterocycles. The first kappa shape index (κ1) is 16.6. The molecule has 0 atom stereocenters. The standard InChI is InChI=1S/C9H17N.C8H10/c1-4-7-8-9(5-2)10-6-3;1-2-8-6-4-3-5-7-8/h5-6H,4,7-8H2,1-3H3;3-7H,2H2,1H3/b9-5-,10-6?;. The molecule has 0 unspecified atom stereocenters. The Morgan fingerprint density at radius 3 is 2.17 bits per heavy atom. The van der Waals surface area contributed by atoms with E-state index in [1.807, 2.05) is 26.1 Å². The summed E-state index contributed by atoms with van der Waals surface area (Å²) in [6.45, 7) is 8.35. The Morgan fingerprint density at radius 2 is 1.78 bits per heavy atom. The minimum absolute atomic E-state index is 1.12. The quantitative estimate of drug-likeness (QED) is 0.614. The smallest absolute Gasteiger partial charge is 0.0356 e. The summed E-state index contributed by atoms with van der Waals surface area (Å²) in [5, 5.41) is 0. The molecular weight excluding hydrogens is 218 g/mol. The van der Waals surface area contributed by atoms with Crippen molar-refractivity contribution in [1.29, 1.82) is 0 Å². The summed E-state index contributed by atoms with van der Waals surface area (Å²) in [6.07, 6.45) is 8.69. The number of allylic oxidation sites excluding steroid dienone is 2. The number of hydrogen-bond acceptors (Lipinski definition) is 1. The molecule has 0 saturated carbocycles. The number of rotatable bonds is 5. The molecule has 1 heteroatoms. The lowest BCUT2D eigenvalue weighted by Gasteiger charge is -1.96. The number of aliphatic imine (C=N–C) groups is 1. The average molecular weight is 245 g/mol. The molecule has 0 aromatic heterocycles. The molecule has 0 saturated heterocycles. The van der Waals surface area contributed by atoms with Gasteiger partial charge in [-0.05, 0) is 38.7 Å². The van der Waals surface area contributed by atoms with Gasteiger partial charge in [-0.15, -0.1) is 0 Å². The summed E-state index contributed by atoms with van der Waals surface area (Å²) in [5.74, 6) is 0. The van der Waals surface area contributed by atoms with Crippen LogP contribution in [0.15, 0.2) is 47.1 Å². The van der Waals surface area contributed by atoms with Gasteiger partial charge in [-0.1, -0.05) is 56.7 Å². The fraction of sp³-hybridized carbons (Fsp3) is 0.471. The zero-order valence-corrected chi connectivity index (χ0v) is 12.3. The van der Waals surface area contributed by atoms with Crippen molar-refractivity contribution in [2.75, 3.05) is 0 Å². The highest BCUT2D eigenvalue weighted by atomic mass is 14.7. The SMILES string of the molecule is CC=N/C(=C\C)CCCC.CCc1ccccc1. The van der Waals surface area contributed by atoms with Gasteiger partial charge in [0.2, 0.25) is 0 Å². The summed E-state index contributed by atoms with van der Waals surface area (Å²) in [7, 11) is 0. The van der Waals surface area contributed by atoms with Gasteiger partial charge < -0.3 is 0 Å². The number of unbranched alkanes of at least 4 members (excludes halogenated alkanes) is 1. The van der Waals surface area contributed by atoms with Crippen LogP contribution >= 0.6 is 0 Å². The van der Waals surface area contributed by atoms with Gasteiger partial charge in [-0.25, -0.2) is 0 Å². The number of aryl methyl sites for hydroxylation is 1. The Kier molecular flexibility index (Phi) is 11.2. The summed E-state index contributed by atoms with van der Waals surface area (Å²) >= 11 is 0. The second kappa shape index (κ2) is 12.1. The van der Waals surface area contributed by atoms with E-state index in [2.05, 4.69) is 49.2 Å². The molecule has 0 aliphatic carbocycles. The van der Waals surface area contributed by atoms with Gasteiger partial charge in [0, 0.05) is 11.9 Å². The lowest BCUT2D eigenvalue weighted by molar-refractivity contribution is 0.781. The largest absolute Gasteiger partial charge is 0.266 e. The van der Waals surface area contributed by atoms with Gasteiger partial charge >= 0.3 is 0 Å². The Bertz CT molecular complexity index is 336. The van der Waals surface area contributed by atoms with Crippen molar-refractivity contribution in [3.8, 4) is 0 Å². The van der Waals surface area contributed by atoms with Gasteiger partial charge in [0.05, 0.1) is 0 Å². The molecule has 100 valence electrons. The second-order valence-corrected chi connectivity index (χ2v) is 4.11. The van der Waals surface area contributed by atoms with Crippen molar-refractivity contribution in [2.24, 2.45) is 4.99 Å². The molecule has 18 heavy (non-hydrogen) atoms. The van der Waals surface area contributed by atoms with Crippen molar-refractivity contribution < 1.29 is 0 Å². The Hall–Kier alpha value is -1.37. The van der Waals surface area contributed by atoms with Crippen molar-refractivity contribution in [3.05, 3.63) is 47.7 Å². The first-order valence-electron chi connectivity index (χ1n) is 6.96. The van der Waals surface area contributed by atoms with E-state index >= 15 is 0 Å². The molecule has 0 bridgehead atoms. The molecular formula is C17H27N. The summed E-state index contributed by atoms with van der Waals surface area (Å²) in [4.78, 5) is 4.22. The summed E-state index contributed by atoms with van der Waals surface area (Å²) in [6, 6.07) is 10.5. The zero-order chi connectivity index (χ0) is 13.6. The van der Waals surface area contributed by atoms with E-state index in [0.29, 0.717) is 0 Å². The van der Waals surface area contributed by atoms with E-state index in [1.54, 1.807) is 0 Å². The number of nitrogens with zero attached hydrogens (tertiary/aromatic N) is 1. The topological polar surface area (TPSA) is 12.4 Å². The molecule has 0 spiro atoms. The number of benzene rings is 1. The summed E-state index contributed by atoms with van der Waals surface area (Å²) in [5.41, 5.74) is 2.62. The van der Waals surface area contributed by atoms with Crippen LogP contribution in [0.25, 0.3) is 0 Å². The maximum Gasteiger partial charge on any atom is 0.0356 e. The van der Waals surface area contributed by atoms with Crippen molar-refractivity contribution >= 4 is 6.21 Å². The molecule has 1 aromatic rings. The molecule has 0 radical (unpaired) electrons. The fourth-order valence-electron chi connectivity index (χ4n) is 1.52. The Morgan fingerprint density at radius 1 is 1.11 bits per heavy atom. The third kappa shape index (κ3) is 8.74. The van der Waals surface area contributed by atoms with Crippen LogP contribution in [-0.4, -0.2) is 6.21 Å². The third-order valence-electron chi connectivity index (χ3n) is 2.67. The molecule has 0 aliphatic rings. The van der Waals surface area contributed by atoms with Crippen molar-refractivity contribution in [3.63, 3.8) is 0 Å². The van der Waals surface area contributed by atoms with Gasteiger partial charge in [0.15, 0.2) is 0 Å². The van der Waals surface area contributed by atoms with Gasteiger partial charge in [0.25, 0.3) is 0 Å². The van der Waals surface area contributed by atoms with Crippen LogP contribution in [0.3, 0.4) is 0 Å². The minimum atomic E-state index is 1.12. The van der Waals surface area contributed by atoms with Gasteiger partial charge in [0.1, 0.15) is 0 Å². The van der Waals surface area contributed by atoms with Crippen LogP contribution in [0.5, 0.6) is 0 Å². The molecule has 1 rings (SSSR count). The van der Waals surface area contributed by atoms with E-state index < -0.39 is 0 Å². The van der Waals surface area contributed by atoms with Crippen LogP contribution in [0.2, 0.25) is 0 Å². The Labute approximate surface area is 113 Å². The van der Waals surface area contributed by atoms with Crippen LogP contribution in [0.1, 0.15) is 52.5 Å². The first-order chi connectivity index (χ1) is 8.78. The van der Waals surface area contributed by atoms with E-state index in [9.17, 15) is 0 Å². The third-order valence-corrected chi connectivity index (χ3v) is 2.67. The van der Waals surface area contributed by atoms with Gasteiger partial charge in [-0.2, -0.15) is 0 Å². The van der Waals surface area contributed by atoms with Crippen LogP contribution in [0.4, 0.5) is 0 Å². The fourth-order valence-corrected chi connectivity index (χ4v) is 1.52. The highest BCUT2D eigenvalue weighted by Crippen LogP contribution is 2.07. The molecule has 0 amide bonds. The monoisotopic (exact) mass is 245 g/mol. The van der Waals surface area contributed by atoms with E-state index in [0.717, 1.165) is 12.8 Å². The minimum Gasteiger partial charge on any atom is -0.266 e. The van der Waals surface area contributed by atoms with Gasteiger partial charge in [-0.3, -0.25) is 4.99 Å². The highest BCUT2D eigenvalue weighted by molar-refractivity contribution is 5.55. The maximum atomic E-state index is 4.22. The molecule has 1 aromatic carbocycles. The first-order valence-corrected chi connectivity index (χ1v) is 6.96. The predicted octanol–water partition coefficient (Wildman–Crippen LogP) is 5.42. The van der Waals surface area contributed by atoms with Crippen LogP contribution in [-0.2, 0) is 6.42 Å². The molecule has 0 N–H and O–H groups in total. The molecule has 0 fully saturated rings. The predicted molar refractivity (Wildman–Crippen MR) is 83.3 cm³/mol. The molecule has 1 nitrogen and oxygen atoms in total.